The zero-order chi connectivity index (χ0) is 52.5. The Balaban J connectivity index is 1.05. The summed E-state index contributed by atoms with van der Waals surface area (Å²) in [6.45, 7) is 3.21. The first-order chi connectivity index (χ1) is 36.0. The van der Waals surface area contributed by atoms with Crippen molar-refractivity contribution >= 4 is 46.4 Å². The van der Waals surface area contributed by atoms with Crippen molar-refractivity contribution in [1.82, 2.24) is 14.1 Å². The Hall–Kier alpha value is -7.47. The summed E-state index contributed by atoms with van der Waals surface area (Å²) in [5.41, 5.74) is 10.4. The molecule has 3 heterocycles. The number of hydrogen-bond donors (Lipinski definition) is 0. The number of benzene rings is 8. The first-order valence-electron chi connectivity index (χ1n) is 25.9. The second-order valence-corrected chi connectivity index (χ2v) is 18.2. The maximum atomic E-state index is 9.06. The zero-order valence-electron chi connectivity index (χ0n) is 44.8. The van der Waals surface area contributed by atoms with Crippen molar-refractivity contribution in [2.75, 3.05) is 9.62 Å². The van der Waals surface area contributed by atoms with Crippen molar-refractivity contribution in [3.63, 3.8) is 0 Å². The van der Waals surface area contributed by atoms with Crippen molar-refractivity contribution in [1.29, 1.82) is 0 Å². The van der Waals surface area contributed by atoms with E-state index in [0.717, 1.165) is 48.2 Å². The summed E-state index contributed by atoms with van der Waals surface area (Å²) in [5.74, 6) is 0.383. The second-order valence-electron chi connectivity index (χ2n) is 17.2. The minimum atomic E-state index is -2.61. The number of aryl methyl sites for hydroxylation is 1. The van der Waals surface area contributed by atoms with Crippen LogP contribution in [0.25, 0.3) is 44.7 Å². The topological polar surface area (TPSA) is 38.5 Å². The molecule has 0 saturated heterocycles. The number of pyridine rings is 1. The Morgan fingerprint density at radius 3 is 2.04 bits per heavy atom. The molecule has 328 valence electrons. The number of hydrogen-bond acceptors (Lipinski definition) is 4. The average molecular weight is 1050 g/mol. The molecule has 0 aliphatic carbocycles. The summed E-state index contributed by atoms with van der Waals surface area (Å²) in [7, 11) is 0. The molecule has 0 N–H and O–H groups in total. The summed E-state index contributed by atoms with van der Waals surface area (Å²) in [4.78, 5) is 8.62. The van der Waals surface area contributed by atoms with E-state index in [4.69, 9.17) is 20.7 Å². The van der Waals surface area contributed by atoms with E-state index in [2.05, 4.69) is 122 Å². The third-order valence-electron chi connectivity index (χ3n) is 12.0. The molecule has 0 saturated carbocycles. The number of anilines is 4. The molecule has 8 aromatic carbocycles. The fourth-order valence-electron chi connectivity index (χ4n) is 8.89. The molecule has 11 rings (SSSR count). The predicted molar refractivity (Wildman–Crippen MR) is 271 cm³/mol. The number of aromatic nitrogens is 3. The number of para-hydroxylation sites is 5. The third-order valence-corrected chi connectivity index (χ3v) is 13.1. The first kappa shape index (κ1) is 33.9. The SMILES string of the molecule is [2H]c1c([2H])c([2H])c(N2B(c3ccccc3)N(c3cccc(Oc4[c-]c(-n5[c](=[Pt])n(-c6c(-c7ccccc7)cccc6-c6ccc(C(C)(C)C)cc6)c6ccccc65)ccc4C([2H])([2H])[2H])n3)c3[c-]cccc32)c([2H])c1[2H]. The van der Waals surface area contributed by atoms with Crippen LogP contribution in [0.4, 0.5) is 22.9 Å². The maximum absolute atomic E-state index is 9.06. The van der Waals surface area contributed by atoms with Gasteiger partial charge in [-0.25, -0.2) is 0 Å². The van der Waals surface area contributed by atoms with Crippen molar-refractivity contribution < 1.29 is 35.1 Å². The molecule has 0 spiro atoms. The van der Waals surface area contributed by atoms with Crippen LogP contribution in [0, 0.1) is 22.8 Å². The van der Waals surface area contributed by atoms with E-state index in [1.807, 2.05) is 77.6 Å². The number of nitrogens with zero attached hydrogens (tertiary/aromatic N) is 5. The van der Waals surface area contributed by atoms with Gasteiger partial charge in [0.05, 0.1) is 6.85 Å². The summed E-state index contributed by atoms with van der Waals surface area (Å²) < 4.78 is 81.4. The van der Waals surface area contributed by atoms with Gasteiger partial charge in [0.1, 0.15) is 0 Å². The Morgan fingerprint density at radius 2 is 1.33 bits per heavy atom. The van der Waals surface area contributed by atoms with Crippen LogP contribution in [-0.4, -0.2) is 21.1 Å². The quantitative estimate of drug-likeness (QED) is 0.107. The predicted octanol–water partition coefficient (Wildman–Crippen LogP) is 13.9. The number of fused-ring (bicyclic) bond motifs is 2. The zero-order valence-corrected chi connectivity index (χ0v) is 39.1. The Morgan fingerprint density at radius 1 is 0.657 bits per heavy atom. The fraction of sp³-hybridized carbons (Fsp3) is 0.0847. The molecular weight excluding hydrogens is 1000 g/mol. The average Bonchev–Trinajstić information content (AvgIpc) is 3.92. The van der Waals surface area contributed by atoms with Crippen LogP contribution < -0.4 is 19.8 Å². The fourth-order valence-corrected chi connectivity index (χ4v) is 9.97. The summed E-state index contributed by atoms with van der Waals surface area (Å²) in [5, 5.41) is 0. The van der Waals surface area contributed by atoms with Crippen LogP contribution in [-0.2, 0) is 24.8 Å². The van der Waals surface area contributed by atoms with Crippen LogP contribution in [0.2, 0.25) is 0 Å². The molecule has 0 unspecified atom stereocenters. The molecule has 0 bridgehead atoms. The van der Waals surface area contributed by atoms with Gasteiger partial charge in [-0.05, 0) is 12.1 Å². The molecule has 10 aromatic rings. The monoisotopic (exact) mass is 1050 g/mol. The van der Waals surface area contributed by atoms with Gasteiger partial charge in [0.15, 0.2) is 0 Å². The molecule has 6 nitrogen and oxygen atoms in total. The van der Waals surface area contributed by atoms with Gasteiger partial charge in [-0.15, -0.1) is 6.07 Å². The molecule has 2 aromatic heterocycles. The normalized spacial score (nSPS) is 14.4. The van der Waals surface area contributed by atoms with Gasteiger partial charge in [0, 0.05) is 5.69 Å². The molecule has 8 heteroatoms. The standard InChI is InChI=1S/C59H46BN5O.Pt/c1-42-34-39-48(40-55(42)66-57-33-19-32-56(61-57)65-54-31-17-16-30-53(54)64(47-24-12-7-13-25-47)60(65)46-22-10-6-11-23-46)62-41-63(52-29-15-14-28-51(52)62)58-49(43-20-8-5-9-21-43)26-18-27-50(58)44-35-37-45(38-36-44)59(2,3)4;/h5-30,32-39H,1-4H3;/q-2;/i1D3,7D,12D,13D,24D,25D;. The Labute approximate surface area is 414 Å². The van der Waals surface area contributed by atoms with Gasteiger partial charge < -0.3 is 0 Å². The number of rotatable bonds is 9. The number of ether oxygens (including phenoxy) is 1. The third kappa shape index (κ3) is 7.73. The summed E-state index contributed by atoms with van der Waals surface area (Å²) >= 11 is 2.35. The van der Waals surface area contributed by atoms with E-state index in [0.29, 0.717) is 22.9 Å². The Kier molecular flexibility index (Phi) is 8.81. The van der Waals surface area contributed by atoms with Crippen LogP contribution in [0.1, 0.15) is 42.9 Å². The van der Waals surface area contributed by atoms with E-state index in [1.165, 1.54) is 5.56 Å². The molecule has 0 atom stereocenters. The molecule has 0 radical (unpaired) electrons. The van der Waals surface area contributed by atoms with Crippen molar-refractivity contribution in [2.24, 2.45) is 0 Å². The van der Waals surface area contributed by atoms with E-state index in [-0.39, 0.29) is 40.4 Å². The van der Waals surface area contributed by atoms with Gasteiger partial charge in [-0.1, -0.05) is 48.5 Å². The summed E-state index contributed by atoms with van der Waals surface area (Å²) in [6, 6.07) is 61.4. The van der Waals surface area contributed by atoms with Gasteiger partial charge in [-0.2, -0.15) is 12.1 Å². The van der Waals surface area contributed by atoms with E-state index in [9.17, 15) is 0 Å². The van der Waals surface area contributed by atoms with E-state index >= 15 is 0 Å². The molecule has 0 amide bonds. The molecule has 1 aliphatic rings. The molecule has 1 aliphatic heterocycles. The Bertz CT molecular complexity index is 3870. The molecular formula is C59H46BN5OPt-2. The van der Waals surface area contributed by atoms with Crippen molar-refractivity contribution in [3.05, 3.63) is 233 Å². The second kappa shape index (κ2) is 17.4. The van der Waals surface area contributed by atoms with Gasteiger partial charge in [0.25, 0.3) is 0 Å². The van der Waals surface area contributed by atoms with E-state index < -0.39 is 32.0 Å². The van der Waals surface area contributed by atoms with Gasteiger partial charge in [0.2, 0.25) is 0 Å². The number of imidazole rings is 1. The minimum Gasteiger partial charge on any atom is -0.175 e. The molecule has 67 heavy (non-hydrogen) atoms. The van der Waals surface area contributed by atoms with Crippen LogP contribution in [0.5, 0.6) is 11.6 Å². The van der Waals surface area contributed by atoms with Crippen LogP contribution >= 0.6 is 0 Å². The van der Waals surface area contributed by atoms with Crippen LogP contribution in [0.15, 0.2) is 206 Å². The minimum absolute atomic E-state index is 0.0117. The van der Waals surface area contributed by atoms with Crippen LogP contribution in [0.3, 0.4) is 0 Å². The van der Waals surface area contributed by atoms with Crippen molar-refractivity contribution in [3.8, 4) is 45.3 Å². The summed E-state index contributed by atoms with van der Waals surface area (Å²) in [6.07, 6.45) is 0. The smallest absolute Gasteiger partial charge is 0.175 e. The van der Waals surface area contributed by atoms with Gasteiger partial charge in [-0.3, -0.25) is 0 Å². The van der Waals surface area contributed by atoms with Crippen molar-refractivity contribution in [2.45, 2.75) is 33.0 Å². The molecule has 0 fully saturated rings. The van der Waals surface area contributed by atoms with Gasteiger partial charge >= 0.3 is 325 Å². The first-order valence-corrected chi connectivity index (χ1v) is 23.1. The van der Waals surface area contributed by atoms with E-state index in [1.54, 1.807) is 47.3 Å².